The molecule has 4 rings (SSSR count). The number of nitrogens with zero attached hydrogens (tertiary/aromatic N) is 4. The van der Waals surface area contributed by atoms with Gasteiger partial charge >= 0.3 is 0 Å². The van der Waals surface area contributed by atoms with E-state index in [9.17, 15) is 4.79 Å². The Bertz CT molecular complexity index is 878. The van der Waals surface area contributed by atoms with Crippen LogP contribution in [0.3, 0.4) is 0 Å². The van der Waals surface area contributed by atoms with Crippen LogP contribution >= 0.6 is 11.3 Å². The second-order valence-corrected chi connectivity index (χ2v) is 6.20. The molecular formula is C16H15N5O3S. The summed E-state index contributed by atoms with van der Waals surface area (Å²) in [7, 11) is 0. The van der Waals surface area contributed by atoms with Crippen LogP contribution in [0.15, 0.2) is 35.0 Å². The number of hydrogen-bond donors (Lipinski definition) is 1. The van der Waals surface area contributed by atoms with Crippen molar-refractivity contribution < 1.29 is 14.3 Å². The first-order valence-corrected chi connectivity index (χ1v) is 8.72. The summed E-state index contributed by atoms with van der Waals surface area (Å²) >= 11 is 1.55. The van der Waals surface area contributed by atoms with E-state index in [1.165, 1.54) is 4.80 Å². The molecule has 2 aromatic heterocycles. The average Bonchev–Trinajstić information content (AvgIpc) is 3.23. The SMILES string of the molecule is O=C(Cn1nnc(-c2ccsc2)n1)Nc1ccc2c(c1)OCCCO2. The maximum absolute atomic E-state index is 12.2. The minimum atomic E-state index is -0.247. The molecule has 0 radical (unpaired) electrons. The van der Waals surface area contributed by atoms with Crippen molar-refractivity contribution in [3.63, 3.8) is 0 Å². The molecule has 0 fully saturated rings. The van der Waals surface area contributed by atoms with Gasteiger partial charge in [-0.25, -0.2) is 0 Å². The van der Waals surface area contributed by atoms with Crippen LogP contribution in [0, 0.1) is 0 Å². The lowest BCUT2D eigenvalue weighted by Gasteiger charge is -2.10. The fraction of sp³-hybridized carbons (Fsp3) is 0.250. The number of ether oxygens (including phenoxy) is 2. The molecule has 0 atom stereocenters. The number of tetrazole rings is 1. The molecule has 0 aliphatic carbocycles. The normalized spacial score (nSPS) is 13.3. The van der Waals surface area contributed by atoms with E-state index in [-0.39, 0.29) is 12.5 Å². The summed E-state index contributed by atoms with van der Waals surface area (Å²) in [6.07, 6.45) is 0.834. The molecule has 1 aliphatic rings. The number of thiophene rings is 1. The molecule has 1 amide bonds. The van der Waals surface area contributed by atoms with Gasteiger partial charge in [-0.15, -0.1) is 10.2 Å². The molecule has 0 saturated heterocycles. The number of carbonyl (C=O) groups is 1. The Morgan fingerprint density at radius 2 is 2.12 bits per heavy atom. The van der Waals surface area contributed by atoms with E-state index in [0.29, 0.717) is 36.2 Å². The lowest BCUT2D eigenvalue weighted by atomic mass is 10.2. The summed E-state index contributed by atoms with van der Waals surface area (Å²) in [5.74, 6) is 1.58. The van der Waals surface area contributed by atoms with E-state index in [0.717, 1.165) is 12.0 Å². The van der Waals surface area contributed by atoms with Crippen LogP contribution < -0.4 is 14.8 Å². The van der Waals surface area contributed by atoms with Gasteiger partial charge in [0.2, 0.25) is 11.7 Å². The van der Waals surface area contributed by atoms with E-state index < -0.39 is 0 Å². The molecule has 0 spiro atoms. The van der Waals surface area contributed by atoms with E-state index in [2.05, 4.69) is 20.7 Å². The van der Waals surface area contributed by atoms with Crippen molar-refractivity contribution in [2.75, 3.05) is 18.5 Å². The number of anilines is 1. The van der Waals surface area contributed by atoms with Crippen molar-refractivity contribution in [1.82, 2.24) is 20.2 Å². The third-order valence-corrected chi connectivity index (χ3v) is 4.23. The fourth-order valence-corrected chi connectivity index (χ4v) is 3.02. The molecule has 1 aromatic carbocycles. The summed E-state index contributed by atoms with van der Waals surface area (Å²) in [4.78, 5) is 13.5. The molecule has 1 aliphatic heterocycles. The van der Waals surface area contributed by atoms with Gasteiger partial charge < -0.3 is 14.8 Å². The molecule has 9 heteroatoms. The second-order valence-electron chi connectivity index (χ2n) is 5.42. The van der Waals surface area contributed by atoms with E-state index in [4.69, 9.17) is 9.47 Å². The molecule has 128 valence electrons. The van der Waals surface area contributed by atoms with Gasteiger partial charge in [0.1, 0.15) is 6.54 Å². The summed E-state index contributed by atoms with van der Waals surface area (Å²) in [5, 5.41) is 18.8. The Kier molecular flexibility index (Phi) is 4.30. The maximum Gasteiger partial charge on any atom is 0.248 e. The number of carbonyl (C=O) groups excluding carboxylic acids is 1. The van der Waals surface area contributed by atoms with Crippen molar-refractivity contribution in [2.45, 2.75) is 13.0 Å². The summed E-state index contributed by atoms with van der Waals surface area (Å²) in [5.41, 5.74) is 1.52. The molecule has 3 aromatic rings. The Morgan fingerprint density at radius 3 is 2.96 bits per heavy atom. The largest absolute Gasteiger partial charge is 0.490 e. The quantitative estimate of drug-likeness (QED) is 0.770. The molecule has 0 saturated carbocycles. The van der Waals surface area contributed by atoms with Crippen molar-refractivity contribution in [3.8, 4) is 22.9 Å². The third kappa shape index (κ3) is 3.61. The Balaban J connectivity index is 1.41. The maximum atomic E-state index is 12.2. The zero-order chi connectivity index (χ0) is 17.1. The lowest BCUT2D eigenvalue weighted by Crippen LogP contribution is -2.20. The Morgan fingerprint density at radius 1 is 1.24 bits per heavy atom. The highest BCUT2D eigenvalue weighted by atomic mass is 32.1. The molecule has 3 heterocycles. The van der Waals surface area contributed by atoms with Crippen LogP contribution in [-0.4, -0.2) is 39.3 Å². The van der Waals surface area contributed by atoms with Crippen molar-refractivity contribution in [3.05, 3.63) is 35.0 Å². The molecule has 8 nitrogen and oxygen atoms in total. The number of fused-ring (bicyclic) bond motifs is 1. The van der Waals surface area contributed by atoms with Gasteiger partial charge in [-0.1, -0.05) is 0 Å². The number of rotatable bonds is 4. The first-order valence-electron chi connectivity index (χ1n) is 7.78. The molecule has 25 heavy (non-hydrogen) atoms. The number of aromatic nitrogens is 4. The zero-order valence-corrected chi connectivity index (χ0v) is 14.0. The first-order chi connectivity index (χ1) is 12.3. The smallest absolute Gasteiger partial charge is 0.248 e. The average molecular weight is 357 g/mol. The second kappa shape index (κ2) is 6.89. The number of hydrogen-bond acceptors (Lipinski definition) is 7. The topological polar surface area (TPSA) is 91.2 Å². The van der Waals surface area contributed by atoms with Gasteiger partial charge in [0, 0.05) is 29.1 Å². The number of nitrogens with one attached hydrogen (secondary N) is 1. The minimum Gasteiger partial charge on any atom is -0.490 e. The number of amides is 1. The van der Waals surface area contributed by atoms with Crippen LogP contribution in [-0.2, 0) is 11.3 Å². The highest BCUT2D eigenvalue weighted by Crippen LogP contribution is 2.32. The molecule has 1 N–H and O–H groups in total. The van der Waals surface area contributed by atoms with Crippen molar-refractivity contribution in [2.24, 2.45) is 0 Å². The van der Waals surface area contributed by atoms with Gasteiger partial charge in [-0.2, -0.15) is 16.1 Å². The monoisotopic (exact) mass is 357 g/mol. The van der Waals surface area contributed by atoms with Crippen molar-refractivity contribution >= 4 is 22.9 Å². The Hall–Kier alpha value is -2.94. The van der Waals surface area contributed by atoms with Crippen LogP contribution in [0.5, 0.6) is 11.5 Å². The number of benzene rings is 1. The van der Waals surface area contributed by atoms with E-state index in [1.54, 1.807) is 29.5 Å². The standard InChI is InChI=1S/C16H15N5O3S/c22-15(9-21-19-16(18-20-21)11-4-7-25-10-11)17-12-2-3-13-14(8-12)24-6-1-5-23-13/h2-4,7-8,10H,1,5-6,9H2,(H,17,22). The molecule has 0 bridgehead atoms. The van der Waals surface area contributed by atoms with Gasteiger partial charge in [0.15, 0.2) is 11.5 Å². The van der Waals surface area contributed by atoms with Gasteiger partial charge in [0.25, 0.3) is 0 Å². The van der Waals surface area contributed by atoms with Crippen LogP contribution in [0.1, 0.15) is 6.42 Å². The van der Waals surface area contributed by atoms with E-state index in [1.807, 2.05) is 16.8 Å². The predicted molar refractivity (Wildman–Crippen MR) is 91.8 cm³/mol. The molecular weight excluding hydrogens is 342 g/mol. The Labute approximate surface area is 147 Å². The fourth-order valence-electron chi connectivity index (χ4n) is 2.39. The third-order valence-electron chi connectivity index (χ3n) is 3.55. The zero-order valence-electron chi connectivity index (χ0n) is 13.2. The minimum absolute atomic E-state index is 0.0222. The molecule has 0 unspecified atom stereocenters. The van der Waals surface area contributed by atoms with Gasteiger partial charge in [-0.3, -0.25) is 4.79 Å². The van der Waals surface area contributed by atoms with Crippen molar-refractivity contribution in [1.29, 1.82) is 0 Å². The lowest BCUT2D eigenvalue weighted by molar-refractivity contribution is -0.117. The van der Waals surface area contributed by atoms with E-state index >= 15 is 0 Å². The summed E-state index contributed by atoms with van der Waals surface area (Å²) < 4.78 is 11.2. The highest BCUT2D eigenvalue weighted by Gasteiger charge is 2.13. The van der Waals surface area contributed by atoms with Crippen LogP contribution in [0.4, 0.5) is 5.69 Å². The first kappa shape index (κ1) is 15.6. The predicted octanol–water partition coefficient (Wildman–Crippen LogP) is 2.20. The van der Waals surface area contributed by atoms with Crippen LogP contribution in [0.2, 0.25) is 0 Å². The summed E-state index contributed by atoms with van der Waals surface area (Å²) in [6, 6.07) is 7.23. The highest BCUT2D eigenvalue weighted by molar-refractivity contribution is 7.08. The summed E-state index contributed by atoms with van der Waals surface area (Å²) in [6.45, 7) is 1.20. The van der Waals surface area contributed by atoms with Gasteiger partial charge in [0.05, 0.1) is 13.2 Å². The van der Waals surface area contributed by atoms with Gasteiger partial charge in [-0.05, 0) is 28.8 Å². The van der Waals surface area contributed by atoms with Crippen LogP contribution in [0.25, 0.3) is 11.4 Å².